The molecule has 4 rings (SSSR count). The summed E-state index contributed by atoms with van der Waals surface area (Å²) in [5.41, 5.74) is 3.01. The largest absolute Gasteiger partial charge is 0.507 e. The zero-order chi connectivity index (χ0) is 27.4. The van der Waals surface area contributed by atoms with Crippen LogP contribution in [0.5, 0.6) is 11.5 Å². The first-order chi connectivity index (χ1) is 18.2. The molecule has 0 unspecified atom stereocenters. The summed E-state index contributed by atoms with van der Waals surface area (Å²) in [4.78, 5) is 15.4. The van der Waals surface area contributed by atoms with Crippen molar-refractivity contribution < 1.29 is 14.6 Å². The van der Waals surface area contributed by atoms with Gasteiger partial charge < -0.3 is 20.1 Å². The summed E-state index contributed by atoms with van der Waals surface area (Å²) in [6, 6.07) is 11.0. The molecule has 0 bridgehead atoms. The number of hydrogen-bond acceptors (Lipinski definition) is 8. The van der Waals surface area contributed by atoms with Crippen molar-refractivity contribution in [2.75, 3.05) is 40.3 Å². The number of rotatable bonds is 8. The molecule has 1 aliphatic heterocycles. The number of piperazine rings is 1. The Bertz CT molecular complexity index is 1290. The predicted octanol–water partition coefficient (Wildman–Crippen LogP) is 3.49. The minimum Gasteiger partial charge on any atom is -0.507 e. The van der Waals surface area contributed by atoms with Gasteiger partial charge in [0.15, 0.2) is 5.82 Å². The van der Waals surface area contributed by atoms with E-state index < -0.39 is 0 Å². The Labute approximate surface area is 223 Å². The molecule has 3 aromatic rings. The third-order valence-corrected chi connectivity index (χ3v) is 6.50. The van der Waals surface area contributed by atoms with Crippen LogP contribution >= 0.6 is 0 Å². The highest BCUT2D eigenvalue weighted by atomic mass is 16.5. The lowest BCUT2D eigenvalue weighted by Gasteiger charge is -2.30. The van der Waals surface area contributed by atoms with Crippen molar-refractivity contribution in [2.45, 2.75) is 39.7 Å². The Kier molecular flexibility index (Phi) is 8.31. The number of ether oxygens (including phenoxy) is 1. The van der Waals surface area contributed by atoms with Crippen molar-refractivity contribution in [2.24, 2.45) is 5.10 Å². The quantitative estimate of drug-likeness (QED) is 0.439. The number of methoxy groups -OCH3 is 1. The molecule has 2 aromatic carbocycles. The van der Waals surface area contributed by atoms with Gasteiger partial charge in [-0.05, 0) is 56.1 Å². The number of aromatic hydroxyl groups is 1. The predicted molar refractivity (Wildman–Crippen MR) is 148 cm³/mol. The van der Waals surface area contributed by atoms with Crippen LogP contribution in [-0.2, 0) is 0 Å². The first-order valence-electron chi connectivity index (χ1n) is 12.9. The molecule has 0 saturated carbocycles. The van der Waals surface area contributed by atoms with E-state index in [9.17, 15) is 9.90 Å². The Morgan fingerprint density at radius 3 is 2.37 bits per heavy atom. The smallest absolute Gasteiger partial charge is 0.289 e. The highest BCUT2D eigenvalue weighted by Crippen LogP contribution is 2.38. The Morgan fingerprint density at radius 1 is 1.08 bits per heavy atom. The van der Waals surface area contributed by atoms with Gasteiger partial charge in [-0.25, -0.2) is 0 Å². The van der Waals surface area contributed by atoms with Crippen molar-refractivity contribution in [3.05, 3.63) is 53.3 Å². The van der Waals surface area contributed by atoms with Gasteiger partial charge in [-0.15, -0.1) is 10.2 Å². The molecule has 38 heavy (non-hydrogen) atoms. The van der Waals surface area contributed by atoms with Crippen LogP contribution in [0.1, 0.15) is 55.4 Å². The van der Waals surface area contributed by atoms with E-state index in [-0.39, 0.29) is 29.4 Å². The maximum absolute atomic E-state index is 13.1. The minimum atomic E-state index is -0.350. The van der Waals surface area contributed by atoms with Gasteiger partial charge in [0.05, 0.1) is 18.9 Å². The zero-order valence-electron chi connectivity index (χ0n) is 23.0. The van der Waals surface area contributed by atoms with Gasteiger partial charge in [0.25, 0.3) is 5.91 Å². The highest BCUT2D eigenvalue weighted by molar-refractivity contribution is 5.92. The number of phenolic OH excluding ortho intramolecular Hbond substituents is 1. The summed E-state index contributed by atoms with van der Waals surface area (Å²) < 4.78 is 7.15. The molecule has 0 spiro atoms. The van der Waals surface area contributed by atoms with Gasteiger partial charge in [-0.2, -0.15) is 5.10 Å². The molecule has 10 heteroatoms. The summed E-state index contributed by atoms with van der Waals surface area (Å²) in [6.07, 6.45) is 1.85. The molecule has 0 atom stereocenters. The fourth-order valence-electron chi connectivity index (χ4n) is 4.34. The van der Waals surface area contributed by atoms with Gasteiger partial charge in [0.2, 0.25) is 5.82 Å². The van der Waals surface area contributed by atoms with Crippen LogP contribution in [0.15, 0.2) is 41.5 Å². The first kappa shape index (κ1) is 27.1. The van der Waals surface area contributed by atoms with E-state index >= 15 is 0 Å². The second kappa shape index (κ2) is 11.6. The number of benzene rings is 2. The minimum absolute atomic E-state index is 0.00773. The van der Waals surface area contributed by atoms with E-state index in [1.807, 2.05) is 64.2 Å². The molecule has 1 fully saturated rings. The number of aromatic nitrogens is 3. The van der Waals surface area contributed by atoms with E-state index in [1.165, 1.54) is 0 Å². The van der Waals surface area contributed by atoms with E-state index in [0.29, 0.717) is 22.8 Å². The van der Waals surface area contributed by atoms with Crippen LogP contribution in [0.4, 0.5) is 0 Å². The average Bonchev–Trinajstić information content (AvgIpc) is 3.33. The van der Waals surface area contributed by atoms with Crippen LogP contribution in [0.3, 0.4) is 0 Å². The number of hydrazone groups is 1. The van der Waals surface area contributed by atoms with Gasteiger partial charge in [0.1, 0.15) is 11.5 Å². The second-order valence-corrected chi connectivity index (χ2v) is 10.2. The molecule has 1 aromatic heterocycles. The van der Waals surface area contributed by atoms with Crippen LogP contribution in [-0.4, -0.2) is 88.3 Å². The molecule has 1 saturated heterocycles. The van der Waals surface area contributed by atoms with E-state index in [1.54, 1.807) is 17.7 Å². The Hall–Kier alpha value is -3.92. The number of nitrogens with zero attached hydrogens (tertiary/aromatic N) is 6. The summed E-state index contributed by atoms with van der Waals surface area (Å²) in [6.45, 7) is 11.6. The first-order valence-corrected chi connectivity index (χ1v) is 12.9. The number of carbonyl (C=O) groups is 1. The van der Waals surface area contributed by atoms with E-state index in [0.717, 1.165) is 37.3 Å². The van der Waals surface area contributed by atoms with Crippen LogP contribution in [0.25, 0.3) is 17.1 Å². The molecule has 0 radical (unpaired) electrons. The zero-order valence-corrected chi connectivity index (χ0v) is 23.0. The fraction of sp³-hybridized carbons (Fsp3) is 0.429. The monoisotopic (exact) mass is 519 g/mol. The molecule has 0 aliphatic carbocycles. The van der Waals surface area contributed by atoms with Gasteiger partial charge >= 0.3 is 0 Å². The van der Waals surface area contributed by atoms with Gasteiger partial charge in [0, 0.05) is 44.0 Å². The standard InChI is InChI=1S/C28H37N7O3/c1-18(2)22-15-23(24(36)16-25(22)38-6)26-31-32-27(28(37)30-19(3)4)35(26)21-9-7-20(8-10-21)17-29-34-13-11-33(5)12-14-34/h7-10,15-19,36H,11-14H2,1-6H3,(H,30,37)/b29-17-. The number of phenols is 1. The van der Waals surface area contributed by atoms with Gasteiger partial charge in [-0.1, -0.05) is 26.0 Å². The van der Waals surface area contributed by atoms with Crippen LogP contribution in [0, 0.1) is 0 Å². The molecule has 202 valence electrons. The molecule has 1 amide bonds. The van der Waals surface area contributed by atoms with Crippen molar-refractivity contribution in [1.29, 1.82) is 0 Å². The molecule has 10 nitrogen and oxygen atoms in total. The van der Waals surface area contributed by atoms with Crippen LogP contribution in [0.2, 0.25) is 0 Å². The molecule has 1 aliphatic rings. The second-order valence-electron chi connectivity index (χ2n) is 10.2. The third kappa shape index (κ3) is 5.96. The number of likely N-dealkylation sites (N-methyl/N-ethyl adjacent to an activating group) is 1. The Morgan fingerprint density at radius 2 is 1.76 bits per heavy atom. The molecule has 2 heterocycles. The molecule has 2 N–H and O–H groups in total. The maximum atomic E-state index is 13.1. The lowest BCUT2D eigenvalue weighted by molar-refractivity contribution is 0.0930. The number of amides is 1. The summed E-state index contributed by atoms with van der Waals surface area (Å²) in [5.74, 6) is 0.870. The Balaban J connectivity index is 1.74. The summed E-state index contributed by atoms with van der Waals surface area (Å²) in [7, 11) is 3.69. The topological polar surface area (TPSA) is 108 Å². The SMILES string of the molecule is COc1cc(O)c(-c2nnc(C(=O)NC(C)C)n2-c2ccc(/C=N\N3CCN(C)CC3)cc2)cc1C(C)C. The van der Waals surface area contributed by atoms with E-state index in [4.69, 9.17) is 4.74 Å². The lowest BCUT2D eigenvalue weighted by Crippen LogP contribution is -2.41. The van der Waals surface area contributed by atoms with Crippen molar-refractivity contribution in [1.82, 2.24) is 30.0 Å². The summed E-state index contributed by atoms with van der Waals surface area (Å²) in [5, 5.41) is 29.1. The maximum Gasteiger partial charge on any atom is 0.289 e. The normalized spacial score (nSPS) is 14.6. The third-order valence-electron chi connectivity index (χ3n) is 6.50. The van der Waals surface area contributed by atoms with Crippen molar-refractivity contribution in [3.8, 4) is 28.6 Å². The number of hydrogen-bond donors (Lipinski definition) is 2. The fourth-order valence-corrected chi connectivity index (χ4v) is 4.34. The molecular formula is C28H37N7O3. The summed E-state index contributed by atoms with van der Waals surface area (Å²) >= 11 is 0. The number of carbonyl (C=O) groups excluding carboxylic acids is 1. The van der Waals surface area contributed by atoms with Crippen molar-refractivity contribution >= 4 is 12.1 Å². The van der Waals surface area contributed by atoms with Crippen molar-refractivity contribution in [3.63, 3.8) is 0 Å². The van der Waals surface area contributed by atoms with E-state index in [2.05, 4.69) is 37.6 Å². The van der Waals surface area contributed by atoms with Gasteiger partial charge in [-0.3, -0.25) is 14.4 Å². The molecular weight excluding hydrogens is 482 g/mol. The van der Waals surface area contributed by atoms with Crippen LogP contribution < -0.4 is 10.1 Å². The highest BCUT2D eigenvalue weighted by Gasteiger charge is 2.25. The lowest BCUT2D eigenvalue weighted by atomic mass is 9.98. The average molecular weight is 520 g/mol. The number of nitrogens with one attached hydrogen (secondary N) is 1.